The highest BCUT2D eigenvalue weighted by Gasteiger charge is 2.17. The number of nitrogens with zero attached hydrogens (tertiary/aromatic N) is 2. The van der Waals surface area contributed by atoms with Crippen molar-refractivity contribution in [3.8, 4) is 22.9 Å². The molecule has 0 aliphatic rings. The summed E-state index contributed by atoms with van der Waals surface area (Å²) >= 11 is 0. The quantitative estimate of drug-likeness (QED) is 0.275. The van der Waals surface area contributed by atoms with Crippen LogP contribution in [0.25, 0.3) is 60.6 Å². The van der Waals surface area contributed by atoms with E-state index >= 15 is 0 Å². The molecular weight excluding hydrogens is 416 g/mol. The summed E-state index contributed by atoms with van der Waals surface area (Å²) in [4.78, 5) is 0. The van der Waals surface area contributed by atoms with Crippen molar-refractivity contribution in [2.24, 2.45) is 0 Å². The smallest absolute Gasteiger partial charge is 0.136 e. The van der Waals surface area contributed by atoms with Gasteiger partial charge in [-0.25, -0.2) is 0 Å². The highest BCUT2D eigenvalue weighted by molar-refractivity contribution is 6.10. The Hall–Kier alpha value is -4.81. The fourth-order valence-electron chi connectivity index (χ4n) is 5.11. The summed E-state index contributed by atoms with van der Waals surface area (Å²) in [5.74, 6) is 0. The van der Waals surface area contributed by atoms with Crippen LogP contribution in [0.2, 0.25) is 0 Å². The molecule has 7 rings (SSSR count). The van der Waals surface area contributed by atoms with Crippen LogP contribution in [0.5, 0.6) is 0 Å². The average molecular weight is 434 g/mol. The molecule has 7 aromatic rings. The molecule has 0 unspecified atom stereocenters. The molecule has 0 saturated carbocycles. The Kier molecular flexibility index (Phi) is 3.91. The second kappa shape index (κ2) is 7.10. The van der Waals surface area contributed by atoms with Crippen LogP contribution >= 0.6 is 0 Å². The zero-order valence-corrected chi connectivity index (χ0v) is 18.2. The second-order valence-electron chi connectivity index (χ2n) is 8.52. The minimum absolute atomic E-state index is 0.629. The summed E-state index contributed by atoms with van der Waals surface area (Å²) in [5, 5.41) is 14.3. The Balaban J connectivity index is 1.56. The maximum atomic E-state index is 9.67. The molecule has 3 heteroatoms. The van der Waals surface area contributed by atoms with E-state index in [1.165, 1.54) is 10.8 Å². The molecule has 0 atom stereocenters. The van der Waals surface area contributed by atoms with Crippen LogP contribution in [0.1, 0.15) is 5.56 Å². The Morgan fingerprint density at radius 1 is 0.588 bits per heavy atom. The van der Waals surface area contributed by atoms with Crippen molar-refractivity contribution < 1.29 is 4.42 Å². The van der Waals surface area contributed by atoms with Gasteiger partial charge in [0.05, 0.1) is 28.4 Å². The van der Waals surface area contributed by atoms with Crippen molar-refractivity contribution in [1.29, 1.82) is 5.26 Å². The second-order valence-corrected chi connectivity index (χ2v) is 8.52. The van der Waals surface area contributed by atoms with Gasteiger partial charge in [-0.2, -0.15) is 5.26 Å². The number of aromatic nitrogens is 1. The molecular formula is C31H18N2O. The average Bonchev–Trinajstić information content (AvgIpc) is 3.43. The Morgan fingerprint density at radius 3 is 1.97 bits per heavy atom. The van der Waals surface area contributed by atoms with Crippen molar-refractivity contribution in [2.75, 3.05) is 0 Å². The maximum absolute atomic E-state index is 9.67. The normalized spacial score (nSPS) is 11.5. The third kappa shape index (κ3) is 2.63. The van der Waals surface area contributed by atoms with Crippen LogP contribution in [0.3, 0.4) is 0 Å². The summed E-state index contributed by atoms with van der Waals surface area (Å²) in [5.41, 5.74) is 7.67. The lowest BCUT2D eigenvalue weighted by Gasteiger charge is -2.14. The first-order valence-electron chi connectivity index (χ1n) is 11.3. The molecule has 0 spiro atoms. The number of hydrogen-bond acceptors (Lipinski definition) is 2. The molecule has 0 amide bonds. The Labute approximate surface area is 195 Å². The molecule has 2 aromatic heterocycles. The zero-order valence-electron chi connectivity index (χ0n) is 18.2. The molecule has 158 valence electrons. The summed E-state index contributed by atoms with van der Waals surface area (Å²) in [6, 6.07) is 39.6. The van der Waals surface area contributed by atoms with E-state index in [0.29, 0.717) is 5.56 Å². The number of para-hydroxylation sites is 3. The molecule has 0 bridgehead atoms. The van der Waals surface area contributed by atoms with Crippen molar-refractivity contribution in [3.63, 3.8) is 0 Å². The molecule has 3 nitrogen and oxygen atoms in total. The molecule has 0 aliphatic heterocycles. The van der Waals surface area contributed by atoms with Crippen LogP contribution in [-0.4, -0.2) is 4.57 Å². The van der Waals surface area contributed by atoms with Crippen LogP contribution in [0, 0.1) is 11.3 Å². The lowest BCUT2D eigenvalue weighted by atomic mass is 9.99. The van der Waals surface area contributed by atoms with E-state index in [1.54, 1.807) is 0 Å². The van der Waals surface area contributed by atoms with E-state index in [4.69, 9.17) is 4.42 Å². The van der Waals surface area contributed by atoms with Gasteiger partial charge in [0, 0.05) is 27.1 Å². The van der Waals surface area contributed by atoms with Gasteiger partial charge < -0.3 is 8.98 Å². The van der Waals surface area contributed by atoms with Gasteiger partial charge in [0.25, 0.3) is 0 Å². The predicted molar refractivity (Wildman–Crippen MR) is 138 cm³/mol. The van der Waals surface area contributed by atoms with E-state index < -0.39 is 0 Å². The number of rotatable bonds is 2. The number of nitriles is 1. The topological polar surface area (TPSA) is 41.9 Å². The molecule has 2 heterocycles. The van der Waals surface area contributed by atoms with Crippen LogP contribution in [0.15, 0.2) is 114 Å². The van der Waals surface area contributed by atoms with Gasteiger partial charge in [-0.15, -0.1) is 0 Å². The van der Waals surface area contributed by atoms with E-state index in [-0.39, 0.29) is 0 Å². The van der Waals surface area contributed by atoms with E-state index in [0.717, 1.165) is 49.8 Å². The molecule has 5 aromatic carbocycles. The van der Waals surface area contributed by atoms with Crippen LogP contribution in [0.4, 0.5) is 0 Å². The Bertz CT molecular complexity index is 1880. The summed E-state index contributed by atoms with van der Waals surface area (Å²) in [7, 11) is 0. The standard InChI is InChI=1S/C31H18N2O/c32-19-20-13-16-29(33-27-10-4-1-7-22(27)23-8-2-5-11-28(23)33)26(17-20)21-14-15-25-24-9-3-6-12-30(24)34-31(25)18-21/h1-18H. The Morgan fingerprint density at radius 2 is 1.24 bits per heavy atom. The molecule has 0 fully saturated rings. The van der Waals surface area contributed by atoms with E-state index in [9.17, 15) is 5.26 Å². The molecule has 0 N–H and O–H groups in total. The summed E-state index contributed by atoms with van der Waals surface area (Å²) < 4.78 is 8.47. The van der Waals surface area contributed by atoms with Gasteiger partial charge in [-0.05, 0) is 54.1 Å². The largest absolute Gasteiger partial charge is 0.456 e. The van der Waals surface area contributed by atoms with Gasteiger partial charge in [-0.3, -0.25) is 0 Å². The molecule has 0 radical (unpaired) electrons. The van der Waals surface area contributed by atoms with Crippen LogP contribution < -0.4 is 0 Å². The van der Waals surface area contributed by atoms with Crippen LogP contribution in [-0.2, 0) is 0 Å². The van der Waals surface area contributed by atoms with Crippen molar-refractivity contribution >= 4 is 43.7 Å². The SMILES string of the molecule is N#Cc1ccc(-n2c3ccccc3c3ccccc32)c(-c2ccc3c(c2)oc2ccccc23)c1. The lowest BCUT2D eigenvalue weighted by Crippen LogP contribution is -1.98. The highest BCUT2D eigenvalue weighted by atomic mass is 16.3. The highest BCUT2D eigenvalue weighted by Crippen LogP contribution is 2.38. The minimum atomic E-state index is 0.629. The predicted octanol–water partition coefficient (Wildman–Crippen LogP) is 8.22. The number of hydrogen-bond donors (Lipinski definition) is 0. The third-order valence-electron chi connectivity index (χ3n) is 6.64. The van der Waals surface area contributed by atoms with Gasteiger partial charge >= 0.3 is 0 Å². The molecule has 0 saturated heterocycles. The number of benzene rings is 5. The first kappa shape index (κ1) is 18.7. The van der Waals surface area contributed by atoms with Crippen molar-refractivity contribution in [3.05, 3.63) is 115 Å². The van der Waals surface area contributed by atoms with E-state index in [2.05, 4.69) is 89.5 Å². The first-order chi connectivity index (χ1) is 16.8. The molecule has 34 heavy (non-hydrogen) atoms. The fraction of sp³-hybridized carbons (Fsp3) is 0. The third-order valence-corrected chi connectivity index (χ3v) is 6.64. The van der Waals surface area contributed by atoms with Gasteiger partial charge in [0.2, 0.25) is 0 Å². The van der Waals surface area contributed by atoms with Gasteiger partial charge in [-0.1, -0.05) is 60.7 Å². The maximum Gasteiger partial charge on any atom is 0.136 e. The van der Waals surface area contributed by atoms with Gasteiger partial charge in [0.15, 0.2) is 0 Å². The summed E-state index contributed by atoms with van der Waals surface area (Å²) in [6.07, 6.45) is 0. The van der Waals surface area contributed by atoms with Crippen molar-refractivity contribution in [1.82, 2.24) is 4.57 Å². The van der Waals surface area contributed by atoms with Crippen molar-refractivity contribution in [2.45, 2.75) is 0 Å². The lowest BCUT2D eigenvalue weighted by molar-refractivity contribution is 0.669. The zero-order chi connectivity index (χ0) is 22.6. The first-order valence-corrected chi connectivity index (χ1v) is 11.3. The summed E-state index contributed by atoms with van der Waals surface area (Å²) in [6.45, 7) is 0. The molecule has 0 aliphatic carbocycles. The minimum Gasteiger partial charge on any atom is -0.456 e. The number of furan rings is 1. The van der Waals surface area contributed by atoms with Gasteiger partial charge in [0.1, 0.15) is 11.2 Å². The number of fused-ring (bicyclic) bond motifs is 6. The monoisotopic (exact) mass is 434 g/mol. The van der Waals surface area contributed by atoms with E-state index in [1.807, 2.05) is 30.3 Å². The fourth-order valence-corrected chi connectivity index (χ4v) is 5.11.